The Balaban J connectivity index is 3.14. The number of likely N-dealkylation sites (N-methyl/N-ethyl adjacent to an activating group) is 7. The van der Waals surface area contributed by atoms with E-state index in [4.69, 9.17) is 0 Å². The van der Waals surface area contributed by atoms with Gasteiger partial charge in [-0.25, -0.2) is 4.98 Å². The Morgan fingerprint density at radius 1 is 0.538 bits per heavy atom. The molecule has 0 spiro atoms. The monoisotopic (exact) mass is 1330 g/mol. The van der Waals surface area contributed by atoms with Crippen LogP contribution in [0, 0.1) is 35.5 Å². The lowest BCUT2D eigenvalue weighted by Gasteiger charge is -2.41. The second-order valence-corrected chi connectivity index (χ2v) is 28.9. The molecule has 1 fully saturated rings. The molecule has 0 saturated carbocycles. The normalized spacial score (nSPS) is 26.5. The molecule has 93 heavy (non-hydrogen) atoms. The van der Waals surface area contributed by atoms with E-state index < -0.39 is 160 Å². The molecule has 6 N–H and O–H groups in total. The minimum atomic E-state index is -1.68. The van der Waals surface area contributed by atoms with Gasteiger partial charge in [0.1, 0.15) is 60.4 Å². The van der Waals surface area contributed by atoms with Gasteiger partial charge in [0.25, 0.3) is 5.91 Å². The van der Waals surface area contributed by atoms with Gasteiger partial charge in [-0.15, -0.1) is 0 Å². The van der Waals surface area contributed by atoms with E-state index in [9.17, 15) is 34.2 Å². The van der Waals surface area contributed by atoms with Crippen molar-refractivity contribution < 1.29 is 63.0 Å². The third-order valence-corrected chi connectivity index (χ3v) is 18.3. The van der Waals surface area contributed by atoms with Crippen molar-refractivity contribution in [3.05, 3.63) is 36.5 Å². The predicted octanol–water partition coefficient (Wildman–Crippen LogP) is 3.90. The van der Waals surface area contributed by atoms with Crippen LogP contribution in [0.4, 0.5) is 0 Å². The number of pyridine rings is 1. The van der Waals surface area contributed by atoms with Gasteiger partial charge in [-0.1, -0.05) is 113 Å². The van der Waals surface area contributed by atoms with Crippen molar-refractivity contribution in [2.45, 2.75) is 239 Å². The second kappa shape index (κ2) is 36.8. The van der Waals surface area contributed by atoms with E-state index in [0.29, 0.717) is 0 Å². The molecule has 526 valence electrons. The number of rotatable bonds is 17. The van der Waals surface area contributed by atoms with Gasteiger partial charge in [0.2, 0.25) is 59.1 Å². The van der Waals surface area contributed by atoms with Crippen LogP contribution in [0.25, 0.3) is 0 Å². The molecular formula is C67H114N12O13S. The van der Waals surface area contributed by atoms with Crippen molar-refractivity contribution in [2.75, 3.05) is 49.3 Å². The molecule has 1 unspecified atom stereocenters. The number of hydrogen-bond acceptors (Lipinski definition) is 15. The van der Waals surface area contributed by atoms with E-state index in [1.807, 2.05) is 41.5 Å². The molecule has 13 atom stereocenters. The maximum atomic E-state index is 15.3. The van der Waals surface area contributed by atoms with Crippen LogP contribution in [0.15, 0.2) is 41.6 Å². The van der Waals surface area contributed by atoms with Crippen LogP contribution in [-0.4, -0.2) is 241 Å². The van der Waals surface area contributed by atoms with Gasteiger partial charge >= 0.3 is 0 Å². The zero-order valence-corrected chi connectivity index (χ0v) is 60.8. The van der Waals surface area contributed by atoms with Crippen molar-refractivity contribution in [2.24, 2.45) is 35.5 Å². The van der Waals surface area contributed by atoms with E-state index in [1.165, 1.54) is 103 Å². The van der Waals surface area contributed by atoms with Crippen molar-refractivity contribution in [1.29, 1.82) is 0 Å². The summed E-state index contributed by atoms with van der Waals surface area (Å²) in [5.74, 6) is -10.7. The fourth-order valence-electron chi connectivity index (χ4n) is 11.4. The summed E-state index contributed by atoms with van der Waals surface area (Å²) in [5.41, 5.74) is -1.62. The van der Waals surface area contributed by atoms with E-state index in [1.54, 1.807) is 78.8 Å². The van der Waals surface area contributed by atoms with Crippen molar-refractivity contribution >= 4 is 76.7 Å². The highest BCUT2D eigenvalue weighted by Crippen LogP contribution is 2.30. The Morgan fingerprint density at radius 2 is 1.01 bits per heavy atom. The molecule has 2 heterocycles. The molecule has 1 aromatic rings. The number of carbonyl (C=O) groups excluding carboxylic acids is 11. The highest BCUT2D eigenvalue weighted by molar-refractivity contribution is 8.00. The number of thioether (sulfide) groups is 1. The lowest BCUT2D eigenvalue weighted by atomic mass is 9.91. The molecule has 2 rings (SSSR count). The van der Waals surface area contributed by atoms with Crippen LogP contribution in [0.3, 0.4) is 0 Å². The maximum Gasteiger partial charge on any atom is 0.256 e. The molecule has 1 aliphatic heterocycles. The molecule has 0 aliphatic carbocycles. The Bertz CT molecular complexity index is 2740. The van der Waals surface area contributed by atoms with Crippen molar-refractivity contribution in [1.82, 2.24) is 60.6 Å². The number of allylic oxidation sites excluding steroid dienone is 2. The van der Waals surface area contributed by atoms with E-state index in [-0.39, 0.29) is 61.3 Å². The zero-order chi connectivity index (χ0) is 71.6. The minimum absolute atomic E-state index is 0.0681. The number of aromatic nitrogens is 1. The lowest BCUT2D eigenvalue weighted by molar-refractivity contribution is -0.157. The first-order chi connectivity index (χ1) is 43.0. The van der Waals surface area contributed by atoms with Gasteiger partial charge < -0.3 is 65.8 Å². The quantitative estimate of drug-likeness (QED) is 0.121. The summed E-state index contributed by atoms with van der Waals surface area (Å²) in [5, 5.41) is 33.4. The number of hydrogen-bond donors (Lipinski definition) is 6. The molecule has 0 aromatic carbocycles. The van der Waals surface area contributed by atoms with Crippen LogP contribution in [0.2, 0.25) is 0 Å². The first kappa shape index (κ1) is 82.4. The molecule has 1 aromatic heterocycles. The van der Waals surface area contributed by atoms with Crippen LogP contribution in [0.5, 0.6) is 0 Å². The number of nitrogens with one attached hydrogen (secondary N) is 4. The maximum absolute atomic E-state index is 15.3. The van der Waals surface area contributed by atoms with Gasteiger partial charge in [-0.3, -0.25) is 52.7 Å². The third-order valence-electron chi connectivity index (χ3n) is 17.1. The van der Waals surface area contributed by atoms with Crippen LogP contribution < -0.4 is 21.3 Å². The second-order valence-electron chi connectivity index (χ2n) is 27.8. The third kappa shape index (κ3) is 23.1. The van der Waals surface area contributed by atoms with Crippen molar-refractivity contribution in [3.8, 4) is 0 Å². The van der Waals surface area contributed by atoms with Crippen LogP contribution in [-0.2, 0) is 52.7 Å². The average Bonchev–Trinajstić information content (AvgIpc) is 0.844. The van der Waals surface area contributed by atoms with Gasteiger partial charge in [-0.05, 0) is 114 Å². The summed E-state index contributed by atoms with van der Waals surface area (Å²) in [6, 6.07) is -8.39. The molecule has 1 saturated heterocycles. The Kier molecular flexibility index (Phi) is 32.7. The topological polar surface area (TPSA) is 312 Å². The molecular weight excluding hydrogens is 1210 g/mol. The number of nitrogens with zero attached hydrogens (tertiary/aromatic N) is 8. The highest BCUT2D eigenvalue weighted by atomic mass is 32.2. The fraction of sp³-hybridized carbons (Fsp3) is 0.731. The van der Waals surface area contributed by atoms with E-state index >= 15 is 28.8 Å². The number of aliphatic hydroxyl groups excluding tert-OH is 1. The summed E-state index contributed by atoms with van der Waals surface area (Å²) in [6.07, 6.45) is 3.67. The number of aliphatic hydroxyl groups is 2. The predicted molar refractivity (Wildman–Crippen MR) is 359 cm³/mol. The Hall–Kier alpha value is -6.67. The first-order valence-electron chi connectivity index (χ1n) is 32.7. The number of amides is 11. The zero-order valence-electron chi connectivity index (χ0n) is 60.0. The fourth-order valence-corrected chi connectivity index (χ4v) is 12.4. The molecule has 1 aliphatic rings. The molecule has 11 amide bonds. The van der Waals surface area contributed by atoms with E-state index in [2.05, 4.69) is 26.3 Å². The average molecular weight is 1330 g/mol. The highest BCUT2D eigenvalue weighted by Gasteiger charge is 2.47. The van der Waals surface area contributed by atoms with Gasteiger partial charge in [0.05, 0.1) is 16.7 Å². The Morgan fingerprint density at radius 3 is 1.48 bits per heavy atom. The summed E-state index contributed by atoms with van der Waals surface area (Å²) in [4.78, 5) is 176. The van der Waals surface area contributed by atoms with Crippen molar-refractivity contribution in [3.63, 3.8) is 0 Å². The smallest absolute Gasteiger partial charge is 0.256 e. The molecule has 0 bridgehead atoms. The van der Waals surface area contributed by atoms with Crippen LogP contribution >= 0.6 is 11.8 Å². The summed E-state index contributed by atoms with van der Waals surface area (Å²) < 4.78 is 0. The SMILES string of the molecule is C/C=C/C[C@@H](C)[C@@H](O)[C@H]1C(=O)N[C@@H](CC)C(=O)N(C)C(Sc2ccccn2)C(=O)N(C)[C@@H](CC(C)(C)O)C(=O)N[C@@H](C(C)C)C(=O)N(C)[C@@H](CC(C)C)C(=O)N[C@@H](C)C(=O)N[C@H](C)C(=O)N(C)[C@@H](CC(C)C)C(=O)N(C)[C@@H](CC(C)C)C(=O)N(C)[C@@H](C(C)C)C(=O)N1C. The van der Waals surface area contributed by atoms with Gasteiger partial charge in [0, 0.05) is 62.0 Å². The Labute approximate surface area is 558 Å². The van der Waals surface area contributed by atoms with Crippen LogP contribution in [0.1, 0.15) is 156 Å². The molecule has 25 nitrogen and oxygen atoms in total. The van der Waals surface area contributed by atoms with Gasteiger partial charge in [-0.2, -0.15) is 0 Å². The standard InChI is InChI=1S/C67H114N12O13S/c1-25-27-30-42(13)54(80)53-58(84)71-45(26-2)60(86)79(24)66(93-50-31-28-29-32-68-50)65(91)76(21)49(36-67(16,17)92)57(83)72-51(40(9)10)63(89)73(18)46(33-37(3)4)56(82)69-43(14)55(81)70-44(15)59(85)74(19)47(34-38(5)6)61(87)75(20)48(35-39(7)8)62(88)77(22)52(41(11)12)64(90)78(53)23/h25,27-29,31-32,37-49,51-54,66,80,92H,26,30,33-36H2,1-24H3,(H,69,82)(H,70,81)(H,71,84)(H,72,83)/b27-25+/t42-,43+,44-,45+,46+,47+,48+,49+,51+,52+,53+,54-,66?/m1/s1. The lowest BCUT2D eigenvalue weighted by Crippen LogP contribution is -2.64. The van der Waals surface area contributed by atoms with Gasteiger partial charge in [0.15, 0.2) is 5.37 Å². The first-order valence-corrected chi connectivity index (χ1v) is 33.5. The summed E-state index contributed by atoms with van der Waals surface area (Å²) >= 11 is 0.861. The molecule has 0 radical (unpaired) electrons. The minimum Gasteiger partial charge on any atom is -0.390 e. The largest absolute Gasteiger partial charge is 0.390 e. The number of carbonyl (C=O) groups is 11. The summed E-state index contributed by atoms with van der Waals surface area (Å²) in [6.45, 7) is 28.7. The summed E-state index contributed by atoms with van der Waals surface area (Å²) in [7, 11) is 9.69. The molecule has 26 heteroatoms. The van der Waals surface area contributed by atoms with E-state index in [0.717, 1.165) is 26.5 Å².